The SMILES string of the molecule is Cc1nc(C2CCOc3ccccc32)ncc1[C@H](C)N. The molecule has 0 spiro atoms. The van der Waals surface area contributed by atoms with Gasteiger partial charge in [0.05, 0.1) is 12.5 Å². The first kappa shape index (κ1) is 13.1. The van der Waals surface area contributed by atoms with E-state index in [4.69, 9.17) is 10.5 Å². The van der Waals surface area contributed by atoms with Gasteiger partial charge >= 0.3 is 0 Å². The summed E-state index contributed by atoms with van der Waals surface area (Å²) in [5.41, 5.74) is 9.07. The average Bonchev–Trinajstić information content (AvgIpc) is 2.46. The van der Waals surface area contributed by atoms with Crippen molar-refractivity contribution in [2.75, 3.05) is 6.61 Å². The Kier molecular flexibility index (Phi) is 3.40. The van der Waals surface area contributed by atoms with E-state index in [1.807, 2.05) is 38.2 Å². The molecule has 4 nitrogen and oxygen atoms in total. The van der Waals surface area contributed by atoms with Crippen molar-refractivity contribution in [1.29, 1.82) is 0 Å². The maximum Gasteiger partial charge on any atom is 0.136 e. The molecule has 20 heavy (non-hydrogen) atoms. The van der Waals surface area contributed by atoms with Crippen molar-refractivity contribution in [2.24, 2.45) is 5.73 Å². The number of aromatic nitrogens is 2. The number of aryl methyl sites for hydroxylation is 1. The van der Waals surface area contributed by atoms with E-state index in [1.54, 1.807) is 0 Å². The second-order valence-corrected chi connectivity index (χ2v) is 5.29. The molecule has 4 heteroatoms. The molecule has 104 valence electrons. The van der Waals surface area contributed by atoms with Crippen molar-refractivity contribution in [2.45, 2.75) is 32.2 Å². The molecule has 1 unspecified atom stereocenters. The van der Waals surface area contributed by atoms with Gasteiger partial charge in [0, 0.05) is 29.1 Å². The van der Waals surface area contributed by atoms with Crippen LogP contribution in [-0.2, 0) is 0 Å². The third-order valence-electron chi connectivity index (χ3n) is 3.80. The van der Waals surface area contributed by atoms with Gasteiger partial charge < -0.3 is 10.5 Å². The highest BCUT2D eigenvalue weighted by molar-refractivity contribution is 5.41. The predicted octanol–water partition coefficient (Wildman–Crippen LogP) is 2.72. The molecule has 0 saturated carbocycles. The molecule has 1 aromatic carbocycles. The van der Waals surface area contributed by atoms with E-state index >= 15 is 0 Å². The van der Waals surface area contributed by atoms with Gasteiger partial charge in [-0.2, -0.15) is 0 Å². The highest BCUT2D eigenvalue weighted by Crippen LogP contribution is 2.36. The fourth-order valence-electron chi connectivity index (χ4n) is 2.72. The third kappa shape index (κ3) is 2.27. The lowest BCUT2D eigenvalue weighted by Gasteiger charge is -2.25. The number of benzene rings is 1. The van der Waals surface area contributed by atoms with Gasteiger partial charge in [0.1, 0.15) is 11.6 Å². The predicted molar refractivity (Wildman–Crippen MR) is 77.8 cm³/mol. The molecule has 2 heterocycles. The van der Waals surface area contributed by atoms with E-state index in [1.165, 1.54) is 5.56 Å². The van der Waals surface area contributed by atoms with Crippen LogP contribution in [0.4, 0.5) is 0 Å². The maximum atomic E-state index is 5.92. The van der Waals surface area contributed by atoms with Crippen LogP contribution in [0.25, 0.3) is 0 Å². The van der Waals surface area contributed by atoms with Gasteiger partial charge in [0.25, 0.3) is 0 Å². The van der Waals surface area contributed by atoms with Crippen LogP contribution in [0.15, 0.2) is 30.5 Å². The molecule has 0 amide bonds. The lowest BCUT2D eigenvalue weighted by Crippen LogP contribution is -2.18. The minimum absolute atomic E-state index is 0.0361. The first-order valence-corrected chi connectivity index (χ1v) is 6.97. The Morgan fingerprint density at radius 3 is 2.90 bits per heavy atom. The zero-order chi connectivity index (χ0) is 14.1. The van der Waals surface area contributed by atoms with Crippen molar-refractivity contribution in [3.05, 3.63) is 53.1 Å². The van der Waals surface area contributed by atoms with Gasteiger partial charge in [-0.15, -0.1) is 0 Å². The van der Waals surface area contributed by atoms with Crippen LogP contribution in [0, 0.1) is 6.92 Å². The summed E-state index contributed by atoms with van der Waals surface area (Å²) < 4.78 is 5.69. The molecule has 0 fully saturated rings. The molecule has 0 bridgehead atoms. The number of nitrogens with zero attached hydrogens (tertiary/aromatic N) is 2. The monoisotopic (exact) mass is 269 g/mol. The fraction of sp³-hybridized carbons (Fsp3) is 0.375. The second-order valence-electron chi connectivity index (χ2n) is 5.29. The summed E-state index contributed by atoms with van der Waals surface area (Å²) in [6.07, 6.45) is 2.77. The highest BCUT2D eigenvalue weighted by Gasteiger charge is 2.25. The van der Waals surface area contributed by atoms with Crippen LogP contribution in [0.1, 0.15) is 47.9 Å². The van der Waals surface area contributed by atoms with E-state index in [0.717, 1.165) is 29.3 Å². The van der Waals surface area contributed by atoms with E-state index < -0.39 is 0 Å². The van der Waals surface area contributed by atoms with Crippen LogP contribution in [0.3, 0.4) is 0 Å². The van der Waals surface area contributed by atoms with E-state index in [2.05, 4.69) is 16.0 Å². The maximum absolute atomic E-state index is 5.92. The molecule has 2 N–H and O–H groups in total. The molecule has 0 aliphatic carbocycles. The minimum Gasteiger partial charge on any atom is -0.493 e. The number of nitrogens with two attached hydrogens (primary N) is 1. The third-order valence-corrected chi connectivity index (χ3v) is 3.80. The fourth-order valence-corrected chi connectivity index (χ4v) is 2.72. The highest BCUT2D eigenvalue weighted by atomic mass is 16.5. The lowest BCUT2D eigenvalue weighted by atomic mass is 9.92. The van der Waals surface area contributed by atoms with Crippen molar-refractivity contribution in [3.8, 4) is 5.75 Å². The number of para-hydroxylation sites is 1. The zero-order valence-electron chi connectivity index (χ0n) is 11.8. The van der Waals surface area contributed by atoms with Gasteiger partial charge in [-0.05, 0) is 26.3 Å². The number of fused-ring (bicyclic) bond motifs is 1. The Labute approximate surface area is 119 Å². The molecule has 1 aromatic heterocycles. The van der Waals surface area contributed by atoms with Crippen molar-refractivity contribution in [3.63, 3.8) is 0 Å². The zero-order valence-corrected chi connectivity index (χ0v) is 11.8. The molecule has 0 radical (unpaired) electrons. The summed E-state index contributed by atoms with van der Waals surface area (Å²) in [7, 11) is 0. The van der Waals surface area contributed by atoms with Gasteiger partial charge in [-0.1, -0.05) is 18.2 Å². The lowest BCUT2D eigenvalue weighted by molar-refractivity contribution is 0.274. The number of hydrogen-bond acceptors (Lipinski definition) is 4. The number of ether oxygens (including phenoxy) is 1. The van der Waals surface area contributed by atoms with Crippen molar-refractivity contribution in [1.82, 2.24) is 9.97 Å². The largest absolute Gasteiger partial charge is 0.493 e. The van der Waals surface area contributed by atoms with Crippen molar-refractivity contribution < 1.29 is 4.74 Å². The number of hydrogen-bond donors (Lipinski definition) is 1. The molecular weight excluding hydrogens is 250 g/mol. The van der Waals surface area contributed by atoms with Gasteiger partial charge in [0.15, 0.2) is 0 Å². The summed E-state index contributed by atoms with van der Waals surface area (Å²) in [6, 6.07) is 8.09. The standard InChI is InChI=1S/C16H19N3O/c1-10(17)14-9-18-16(19-11(14)2)13-7-8-20-15-6-4-3-5-12(13)15/h3-6,9-10,13H,7-8,17H2,1-2H3/t10-,13?/m0/s1. The van der Waals surface area contributed by atoms with Crippen LogP contribution in [0.2, 0.25) is 0 Å². The van der Waals surface area contributed by atoms with E-state index in [-0.39, 0.29) is 12.0 Å². The van der Waals surface area contributed by atoms with Gasteiger partial charge in [-0.25, -0.2) is 9.97 Å². The Balaban J connectivity index is 2.00. The van der Waals surface area contributed by atoms with Crippen LogP contribution in [-0.4, -0.2) is 16.6 Å². The quantitative estimate of drug-likeness (QED) is 0.910. The Bertz CT molecular complexity index is 625. The molecule has 3 rings (SSSR count). The molecule has 0 saturated heterocycles. The Morgan fingerprint density at radius 1 is 1.35 bits per heavy atom. The summed E-state index contributed by atoms with van der Waals surface area (Å²) in [4.78, 5) is 9.21. The van der Waals surface area contributed by atoms with E-state index in [9.17, 15) is 0 Å². The van der Waals surface area contributed by atoms with Crippen molar-refractivity contribution >= 4 is 0 Å². The first-order valence-electron chi connectivity index (χ1n) is 6.97. The molecule has 2 atom stereocenters. The summed E-state index contributed by atoms with van der Waals surface area (Å²) in [6.45, 7) is 4.66. The van der Waals surface area contributed by atoms with Crippen LogP contribution >= 0.6 is 0 Å². The molecular formula is C16H19N3O. The average molecular weight is 269 g/mol. The summed E-state index contributed by atoms with van der Waals surface area (Å²) in [5.74, 6) is 2.02. The van der Waals surface area contributed by atoms with Gasteiger partial charge in [0.2, 0.25) is 0 Å². The molecule has 1 aliphatic rings. The topological polar surface area (TPSA) is 61.0 Å². The van der Waals surface area contributed by atoms with Crippen LogP contribution < -0.4 is 10.5 Å². The summed E-state index contributed by atoms with van der Waals surface area (Å²) in [5, 5.41) is 0. The van der Waals surface area contributed by atoms with Crippen LogP contribution in [0.5, 0.6) is 5.75 Å². The molecule has 2 aromatic rings. The second kappa shape index (κ2) is 5.21. The van der Waals surface area contributed by atoms with E-state index in [0.29, 0.717) is 6.61 Å². The summed E-state index contributed by atoms with van der Waals surface area (Å²) >= 11 is 0. The molecule has 1 aliphatic heterocycles. The first-order chi connectivity index (χ1) is 9.66. The van der Waals surface area contributed by atoms with Gasteiger partial charge in [-0.3, -0.25) is 0 Å². The minimum atomic E-state index is -0.0361. The smallest absolute Gasteiger partial charge is 0.136 e. The normalized spacial score (nSPS) is 19.1. The Morgan fingerprint density at radius 2 is 2.15 bits per heavy atom. The Hall–Kier alpha value is -1.94. The number of rotatable bonds is 2.